The van der Waals surface area contributed by atoms with Gasteiger partial charge in [0.15, 0.2) is 34.7 Å². The Morgan fingerprint density at radius 3 is 2.43 bits per heavy atom. The second-order valence-electron chi connectivity index (χ2n) is 6.91. The molecule has 0 atom stereocenters. The van der Waals surface area contributed by atoms with E-state index < -0.39 is 34.5 Å². The number of halogens is 3. The quantitative estimate of drug-likeness (QED) is 0.599. The average molecular weight is 418 g/mol. The molecule has 1 aliphatic carbocycles. The Morgan fingerprint density at radius 2 is 1.77 bits per heavy atom. The van der Waals surface area contributed by atoms with E-state index in [9.17, 15) is 18.0 Å². The minimum atomic E-state index is -1.64. The van der Waals surface area contributed by atoms with Gasteiger partial charge in [-0.25, -0.2) is 13.2 Å². The molecule has 1 amide bonds. The fourth-order valence-corrected chi connectivity index (χ4v) is 3.22. The van der Waals surface area contributed by atoms with Crippen LogP contribution in [0.25, 0.3) is 11.3 Å². The van der Waals surface area contributed by atoms with Crippen molar-refractivity contribution in [3.63, 3.8) is 0 Å². The first kappa shape index (κ1) is 19.8. The number of carbonyl (C=O) groups is 1. The SMILES string of the molecule is COc1ccc(-c2cc(C3(C(=O)Nc4ccc(F)c(F)c4F)CC3)no2)cc1OC. The number of nitrogens with one attached hydrogen (secondary N) is 1. The van der Waals surface area contributed by atoms with Gasteiger partial charge in [0.2, 0.25) is 5.91 Å². The molecule has 6 nitrogen and oxygen atoms in total. The molecule has 0 unspecified atom stereocenters. The number of rotatable bonds is 6. The molecule has 1 N–H and O–H groups in total. The van der Waals surface area contributed by atoms with Gasteiger partial charge in [0.1, 0.15) is 0 Å². The zero-order valence-electron chi connectivity index (χ0n) is 16.1. The summed E-state index contributed by atoms with van der Waals surface area (Å²) in [5.41, 5.74) is -0.425. The van der Waals surface area contributed by atoms with Crippen LogP contribution in [-0.2, 0) is 10.2 Å². The highest BCUT2D eigenvalue weighted by molar-refractivity contribution is 6.01. The third-order valence-electron chi connectivity index (χ3n) is 5.14. The van der Waals surface area contributed by atoms with Crippen molar-refractivity contribution in [2.75, 3.05) is 19.5 Å². The summed E-state index contributed by atoms with van der Waals surface area (Å²) < 4.78 is 56.3. The molecule has 4 rings (SSSR count). The molecule has 0 saturated heterocycles. The number of nitrogens with zero attached hydrogens (tertiary/aromatic N) is 1. The van der Waals surface area contributed by atoms with Crippen LogP contribution >= 0.6 is 0 Å². The van der Waals surface area contributed by atoms with Gasteiger partial charge in [-0.15, -0.1) is 0 Å². The molecule has 1 heterocycles. The van der Waals surface area contributed by atoms with Gasteiger partial charge in [0, 0.05) is 11.6 Å². The maximum absolute atomic E-state index is 13.9. The van der Waals surface area contributed by atoms with E-state index in [0.717, 1.165) is 12.1 Å². The average Bonchev–Trinajstić information content (AvgIpc) is 3.43. The van der Waals surface area contributed by atoms with E-state index in [-0.39, 0.29) is 0 Å². The number of hydrogen-bond acceptors (Lipinski definition) is 5. The zero-order chi connectivity index (χ0) is 21.5. The van der Waals surface area contributed by atoms with E-state index in [4.69, 9.17) is 14.0 Å². The Hall–Kier alpha value is -3.49. The van der Waals surface area contributed by atoms with Crippen LogP contribution in [0.1, 0.15) is 18.5 Å². The highest BCUT2D eigenvalue weighted by Gasteiger charge is 2.54. The van der Waals surface area contributed by atoms with Gasteiger partial charge in [0.05, 0.1) is 31.0 Å². The minimum Gasteiger partial charge on any atom is -0.493 e. The van der Waals surface area contributed by atoms with Crippen molar-refractivity contribution in [1.82, 2.24) is 5.16 Å². The number of ether oxygens (including phenoxy) is 2. The van der Waals surface area contributed by atoms with Crippen molar-refractivity contribution >= 4 is 11.6 Å². The van der Waals surface area contributed by atoms with Gasteiger partial charge in [-0.05, 0) is 43.2 Å². The molecule has 1 saturated carbocycles. The monoisotopic (exact) mass is 418 g/mol. The molecule has 3 aromatic rings. The topological polar surface area (TPSA) is 73.6 Å². The van der Waals surface area contributed by atoms with Gasteiger partial charge in [0.25, 0.3) is 0 Å². The highest BCUT2D eigenvalue weighted by Crippen LogP contribution is 2.49. The molecule has 30 heavy (non-hydrogen) atoms. The lowest BCUT2D eigenvalue weighted by molar-refractivity contribution is -0.118. The van der Waals surface area contributed by atoms with Crippen molar-refractivity contribution in [3.05, 3.63) is 59.5 Å². The Kier molecular flexibility index (Phi) is 4.89. The minimum absolute atomic E-state index is 0.368. The second kappa shape index (κ2) is 7.40. The Labute approximate surface area is 169 Å². The second-order valence-corrected chi connectivity index (χ2v) is 6.91. The Balaban J connectivity index is 1.59. The van der Waals surface area contributed by atoms with Crippen molar-refractivity contribution < 1.29 is 32.0 Å². The fourth-order valence-electron chi connectivity index (χ4n) is 3.22. The lowest BCUT2D eigenvalue weighted by Crippen LogP contribution is -2.28. The lowest BCUT2D eigenvalue weighted by Gasteiger charge is -2.13. The number of aromatic nitrogens is 1. The van der Waals surface area contributed by atoms with Crippen LogP contribution in [0.5, 0.6) is 11.5 Å². The molecule has 2 aromatic carbocycles. The van der Waals surface area contributed by atoms with Crippen LogP contribution in [0.2, 0.25) is 0 Å². The molecule has 1 fully saturated rings. The van der Waals surface area contributed by atoms with Gasteiger partial charge >= 0.3 is 0 Å². The molecule has 0 radical (unpaired) electrons. The van der Waals surface area contributed by atoms with Gasteiger partial charge in [-0.3, -0.25) is 4.79 Å². The standard InChI is InChI=1S/C21H17F3N2O4/c1-28-14-6-3-11(9-16(14)29-2)15-10-17(26-30-15)21(7-8-21)20(27)25-13-5-4-12(22)18(23)19(13)24/h3-6,9-10H,7-8H2,1-2H3,(H,25,27). The van der Waals surface area contributed by atoms with Crippen molar-refractivity contribution in [3.8, 4) is 22.8 Å². The van der Waals surface area contributed by atoms with Crippen LogP contribution in [0, 0.1) is 17.5 Å². The first-order valence-corrected chi connectivity index (χ1v) is 9.04. The first-order chi connectivity index (χ1) is 14.4. The van der Waals surface area contributed by atoms with Crippen LogP contribution in [-0.4, -0.2) is 25.3 Å². The van der Waals surface area contributed by atoms with E-state index in [1.807, 2.05) is 0 Å². The van der Waals surface area contributed by atoms with Gasteiger partial charge in [-0.2, -0.15) is 0 Å². The lowest BCUT2D eigenvalue weighted by atomic mass is 10.00. The summed E-state index contributed by atoms with van der Waals surface area (Å²) in [7, 11) is 3.03. The molecular weight excluding hydrogens is 401 g/mol. The number of amides is 1. The summed E-state index contributed by atoms with van der Waals surface area (Å²) in [6.45, 7) is 0. The molecule has 0 bridgehead atoms. The fraction of sp³-hybridized carbons (Fsp3) is 0.238. The molecule has 0 aliphatic heterocycles. The van der Waals surface area contributed by atoms with Crippen LogP contribution in [0.3, 0.4) is 0 Å². The third kappa shape index (κ3) is 3.26. The number of methoxy groups -OCH3 is 2. The Morgan fingerprint density at radius 1 is 1.03 bits per heavy atom. The summed E-state index contributed by atoms with van der Waals surface area (Å²) in [4.78, 5) is 12.8. The summed E-state index contributed by atoms with van der Waals surface area (Å²) in [5.74, 6) is -3.54. The largest absolute Gasteiger partial charge is 0.493 e. The highest BCUT2D eigenvalue weighted by atomic mass is 19.2. The van der Waals surface area contributed by atoms with E-state index in [0.29, 0.717) is 41.4 Å². The van der Waals surface area contributed by atoms with E-state index in [1.54, 1.807) is 24.3 Å². The summed E-state index contributed by atoms with van der Waals surface area (Å²) >= 11 is 0. The van der Waals surface area contributed by atoms with Gasteiger partial charge in [-0.1, -0.05) is 5.16 Å². The predicted molar refractivity (Wildman–Crippen MR) is 101 cm³/mol. The molecule has 156 valence electrons. The number of benzene rings is 2. The summed E-state index contributed by atoms with van der Waals surface area (Å²) in [6.07, 6.45) is 0.921. The Bertz CT molecular complexity index is 1130. The van der Waals surface area contributed by atoms with Crippen LogP contribution < -0.4 is 14.8 Å². The van der Waals surface area contributed by atoms with Crippen molar-refractivity contribution in [1.29, 1.82) is 0 Å². The summed E-state index contributed by atoms with van der Waals surface area (Å²) in [5, 5.41) is 6.33. The maximum atomic E-state index is 13.9. The van der Waals surface area contributed by atoms with Gasteiger partial charge < -0.3 is 19.3 Å². The number of carbonyl (C=O) groups excluding carboxylic acids is 1. The molecule has 0 spiro atoms. The first-order valence-electron chi connectivity index (χ1n) is 9.04. The van der Waals surface area contributed by atoms with Crippen molar-refractivity contribution in [2.45, 2.75) is 18.3 Å². The molecular formula is C21H17F3N2O4. The van der Waals surface area contributed by atoms with E-state index in [1.165, 1.54) is 14.2 Å². The van der Waals surface area contributed by atoms with Crippen LogP contribution in [0.15, 0.2) is 40.9 Å². The zero-order valence-corrected chi connectivity index (χ0v) is 16.1. The van der Waals surface area contributed by atoms with E-state index >= 15 is 0 Å². The molecule has 1 aliphatic rings. The predicted octanol–water partition coefficient (Wildman–Crippen LogP) is 4.45. The maximum Gasteiger partial charge on any atom is 0.236 e. The number of hydrogen-bond donors (Lipinski definition) is 1. The summed E-state index contributed by atoms with van der Waals surface area (Å²) in [6, 6.07) is 8.51. The number of anilines is 1. The van der Waals surface area contributed by atoms with Crippen molar-refractivity contribution in [2.24, 2.45) is 0 Å². The normalized spacial score (nSPS) is 14.3. The smallest absolute Gasteiger partial charge is 0.236 e. The third-order valence-corrected chi connectivity index (χ3v) is 5.14. The molecule has 9 heteroatoms. The van der Waals surface area contributed by atoms with E-state index in [2.05, 4.69) is 10.5 Å². The molecule has 1 aromatic heterocycles. The van der Waals surface area contributed by atoms with Crippen LogP contribution in [0.4, 0.5) is 18.9 Å².